The van der Waals surface area contributed by atoms with E-state index in [4.69, 9.17) is 10.4 Å². The lowest BCUT2D eigenvalue weighted by Gasteiger charge is -1.93. The minimum atomic E-state index is -0.792. The molecular weight excluding hydrogens is 190 g/mol. The SMILES string of the molecule is N#Cc1ccc(/C=C\CCC(=O)O)cc1. The van der Waals surface area contributed by atoms with Crippen molar-refractivity contribution in [1.82, 2.24) is 0 Å². The second-order valence-corrected chi connectivity index (χ2v) is 3.07. The molecule has 0 fully saturated rings. The van der Waals surface area contributed by atoms with Gasteiger partial charge >= 0.3 is 5.97 Å². The summed E-state index contributed by atoms with van der Waals surface area (Å²) in [6.45, 7) is 0. The fraction of sp³-hybridized carbons (Fsp3) is 0.167. The van der Waals surface area contributed by atoms with Gasteiger partial charge in [-0.1, -0.05) is 24.3 Å². The Morgan fingerprint density at radius 1 is 1.40 bits per heavy atom. The van der Waals surface area contributed by atoms with Crippen LogP contribution in [0.1, 0.15) is 24.0 Å². The molecule has 76 valence electrons. The van der Waals surface area contributed by atoms with Gasteiger partial charge in [0.1, 0.15) is 0 Å². The Hall–Kier alpha value is -2.08. The fourth-order valence-electron chi connectivity index (χ4n) is 1.09. The molecule has 3 heteroatoms. The van der Waals surface area contributed by atoms with Crippen molar-refractivity contribution in [3.63, 3.8) is 0 Å². The van der Waals surface area contributed by atoms with Crippen molar-refractivity contribution in [2.75, 3.05) is 0 Å². The zero-order valence-electron chi connectivity index (χ0n) is 8.18. The summed E-state index contributed by atoms with van der Waals surface area (Å²) in [5, 5.41) is 17.0. The molecule has 0 aliphatic heterocycles. The van der Waals surface area contributed by atoms with Gasteiger partial charge in [0.05, 0.1) is 11.6 Å². The Morgan fingerprint density at radius 2 is 2.07 bits per heavy atom. The van der Waals surface area contributed by atoms with Crippen molar-refractivity contribution in [2.24, 2.45) is 0 Å². The first-order chi connectivity index (χ1) is 7.22. The smallest absolute Gasteiger partial charge is 0.303 e. The number of hydrogen-bond acceptors (Lipinski definition) is 2. The molecule has 15 heavy (non-hydrogen) atoms. The number of allylic oxidation sites excluding steroid dienone is 1. The van der Waals surface area contributed by atoms with Gasteiger partial charge in [-0.15, -0.1) is 0 Å². The van der Waals surface area contributed by atoms with Crippen LogP contribution >= 0.6 is 0 Å². The van der Waals surface area contributed by atoms with Crippen LogP contribution in [0.5, 0.6) is 0 Å². The minimum Gasteiger partial charge on any atom is -0.481 e. The van der Waals surface area contributed by atoms with Crippen LogP contribution in [0.4, 0.5) is 0 Å². The Kier molecular flexibility index (Phi) is 4.11. The summed E-state index contributed by atoms with van der Waals surface area (Å²) in [7, 11) is 0. The van der Waals surface area contributed by atoms with Gasteiger partial charge in [0.25, 0.3) is 0 Å². The number of hydrogen-bond donors (Lipinski definition) is 1. The van der Waals surface area contributed by atoms with Crippen LogP contribution < -0.4 is 0 Å². The molecule has 1 N–H and O–H groups in total. The first-order valence-electron chi connectivity index (χ1n) is 4.61. The summed E-state index contributed by atoms with van der Waals surface area (Å²) in [5.74, 6) is -0.792. The van der Waals surface area contributed by atoms with Crippen molar-refractivity contribution in [1.29, 1.82) is 5.26 Å². The maximum Gasteiger partial charge on any atom is 0.303 e. The molecule has 0 spiro atoms. The lowest BCUT2D eigenvalue weighted by atomic mass is 10.1. The molecule has 1 aromatic carbocycles. The van der Waals surface area contributed by atoms with E-state index in [9.17, 15) is 4.79 Å². The Bertz CT molecular complexity index is 399. The first kappa shape index (κ1) is 11.0. The van der Waals surface area contributed by atoms with Crippen LogP contribution in [0.15, 0.2) is 30.3 Å². The zero-order valence-corrected chi connectivity index (χ0v) is 8.18. The van der Waals surface area contributed by atoms with Gasteiger partial charge < -0.3 is 5.11 Å². The molecule has 0 heterocycles. The van der Waals surface area contributed by atoms with Crippen molar-refractivity contribution in [3.05, 3.63) is 41.5 Å². The molecule has 1 aromatic rings. The Morgan fingerprint density at radius 3 is 2.60 bits per heavy atom. The van der Waals surface area contributed by atoms with Gasteiger partial charge in [-0.25, -0.2) is 0 Å². The number of benzene rings is 1. The highest BCUT2D eigenvalue weighted by Gasteiger charge is 1.92. The van der Waals surface area contributed by atoms with E-state index < -0.39 is 5.97 Å². The lowest BCUT2D eigenvalue weighted by Crippen LogP contribution is -1.91. The van der Waals surface area contributed by atoms with Crippen molar-refractivity contribution < 1.29 is 9.90 Å². The van der Waals surface area contributed by atoms with Gasteiger partial charge in [0, 0.05) is 6.42 Å². The fourth-order valence-corrected chi connectivity index (χ4v) is 1.09. The maximum absolute atomic E-state index is 10.2. The van der Waals surface area contributed by atoms with Gasteiger partial charge in [-0.2, -0.15) is 5.26 Å². The van der Waals surface area contributed by atoms with Gasteiger partial charge in [-0.3, -0.25) is 4.79 Å². The maximum atomic E-state index is 10.2. The number of nitriles is 1. The third kappa shape index (κ3) is 4.10. The second-order valence-electron chi connectivity index (χ2n) is 3.07. The predicted molar refractivity (Wildman–Crippen MR) is 57.1 cm³/mol. The van der Waals surface area contributed by atoms with Crippen LogP contribution in [0.2, 0.25) is 0 Å². The number of carboxylic acids is 1. The van der Waals surface area contributed by atoms with Crippen LogP contribution in [0, 0.1) is 11.3 Å². The highest BCUT2D eigenvalue weighted by molar-refractivity contribution is 5.67. The molecule has 0 saturated carbocycles. The van der Waals surface area contributed by atoms with E-state index in [2.05, 4.69) is 0 Å². The summed E-state index contributed by atoms with van der Waals surface area (Å²) >= 11 is 0. The molecular formula is C12H11NO2. The second kappa shape index (κ2) is 5.61. The topological polar surface area (TPSA) is 61.1 Å². The van der Waals surface area contributed by atoms with Crippen LogP contribution in [0.3, 0.4) is 0 Å². The average Bonchev–Trinajstić information content (AvgIpc) is 2.25. The zero-order chi connectivity index (χ0) is 11.1. The number of rotatable bonds is 4. The minimum absolute atomic E-state index is 0.146. The largest absolute Gasteiger partial charge is 0.481 e. The molecule has 0 unspecified atom stereocenters. The van der Waals surface area contributed by atoms with Gasteiger partial charge in [-0.05, 0) is 24.1 Å². The Balaban J connectivity index is 2.50. The number of carbonyl (C=O) groups is 1. The van der Waals surface area contributed by atoms with E-state index in [-0.39, 0.29) is 6.42 Å². The lowest BCUT2D eigenvalue weighted by molar-refractivity contribution is -0.136. The van der Waals surface area contributed by atoms with E-state index in [1.807, 2.05) is 30.4 Å². The van der Waals surface area contributed by atoms with E-state index >= 15 is 0 Å². The number of nitrogens with zero attached hydrogens (tertiary/aromatic N) is 1. The summed E-state index contributed by atoms with van der Waals surface area (Å²) in [5.41, 5.74) is 1.59. The van der Waals surface area contributed by atoms with Gasteiger partial charge in [0.2, 0.25) is 0 Å². The first-order valence-corrected chi connectivity index (χ1v) is 4.61. The number of aliphatic carboxylic acids is 1. The summed E-state index contributed by atoms with van der Waals surface area (Å²) < 4.78 is 0. The van der Waals surface area contributed by atoms with Crippen molar-refractivity contribution >= 4 is 12.0 Å². The third-order valence-electron chi connectivity index (χ3n) is 1.87. The molecule has 0 aliphatic rings. The normalized spacial score (nSPS) is 10.1. The van der Waals surface area contributed by atoms with Crippen LogP contribution in [-0.4, -0.2) is 11.1 Å². The standard InChI is InChI=1S/C12H11NO2/c13-9-11-7-5-10(6-8-11)3-1-2-4-12(14)15/h1,3,5-8H,2,4H2,(H,14,15)/b3-1-. The van der Waals surface area contributed by atoms with E-state index in [0.29, 0.717) is 12.0 Å². The van der Waals surface area contributed by atoms with E-state index in [1.54, 1.807) is 12.1 Å². The molecule has 3 nitrogen and oxygen atoms in total. The molecule has 0 saturated heterocycles. The molecule has 0 aliphatic carbocycles. The molecule has 1 rings (SSSR count). The van der Waals surface area contributed by atoms with Crippen LogP contribution in [0.25, 0.3) is 6.08 Å². The number of carboxylic acid groups (broad SMARTS) is 1. The van der Waals surface area contributed by atoms with Crippen molar-refractivity contribution in [3.8, 4) is 6.07 Å². The summed E-state index contributed by atoms with van der Waals surface area (Å²) in [4.78, 5) is 10.2. The average molecular weight is 201 g/mol. The summed E-state index contributed by atoms with van der Waals surface area (Å²) in [6, 6.07) is 9.16. The quantitative estimate of drug-likeness (QED) is 0.813. The molecule has 0 amide bonds. The molecule has 0 aromatic heterocycles. The Labute approximate surface area is 88.3 Å². The molecule has 0 atom stereocenters. The highest BCUT2D eigenvalue weighted by atomic mass is 16.4. The predicted octanol–water partition coefficient (Wildman–Crippen LogP) is 2.44. The molecule has 0 bridgehead atoms. The third-order valence-corrected chi connectivity index (χ3v) is 1.87. The van der Waals surface area contributed by atoms with E-state index in [1.165, 1.54) is 0 Å². The van der Waals surface area contributed by atoms with Crippen LogP contribution in [-0.2, 0) is 4.79 Å². The van der Waals surface area contributed by atoms with E-state index in [0.717, 1.165) is 5.56 Å². The monoisotopic (exact) mass is 201 g/mol. The highest BCUT2D eigenvalue weighted by Crippen LogP contribution is 2.06. The molecule has 0 radical (unpaired) electrons. The van der Waals surface area contributed by atoms with Gasteiger partial charge in [0.15, 0.2) is 0 Å². The summed E-state index contributed by atoms with van der Waals surface area (Å²) in [6.07, 6.45) is 4.34. The van der Waals surface area contributed by atoms with Crippen molar-refractivity contribution in [2.45, 2.75) is 12.8 Å².